The highest BCUT2D eigenvalue weighted by Crippen LogP contribution is 2.25. The second kappa shape index (κ2) is 6.30. The van der Waals surface area contributed by atoms with Crippen molar-refractivity contribution in [3.05, 3.63) is 36.0 Å². The van der Waals surface area contributed by atoms with Gasteiger partial charge in [-0.2, -0.15) is 4.98 Å². The van der Waals surface area contributed by atoms with Crippen molar-refractivity contribution in [2.24, 2.45) is 5.73 Å². The van der Waals surface area contributed by atoms with Crippen LogP contribution < -0.4 is 5.73 Å². The van der Waals surface area contributed by atoms with Gasteiger partial charge in [0.1, 0.15) is 11.9 Å². The summed E-state index contributed by atoms with van der Waals surface area (Å²) in [7, 11) is 0. The van der Waals surface area contributed by atoms with Gasteiger partial charge in [-0.25, -0.2) is 4.39 Å². The maximum Gasteiger partial charge on any atom is 0.246 e. The zero-order valence-electron chi connectivity index (χ0n) is 10.7. The van der Waals surface area contributed by atoms with Gasteiger partial charge < -0.3 is 15.0 Å². The SMILES string of the molecule is Cl.NC(c1nc(-c2cccc(F)c2)no1)C1CCCO1. The smallest absolute Gasteiger partial charge is 0.246 e. The van der Waals surface area contributed by atoms with Gasteiger partial charge in [-0.3, -0.25) is 0 Å². The summed E-state index contributed by atoms with van der Waals surface area (Å²) in [5.41, 5.74) is 6.59. The molecule has 108 valence electrons. The average molecular weight is 300 g/mol. The molecule has 1 aromatic heterocycles. The van der Waals surface area contributed by atoms with E-state index < -0.39 is 6.04 Å². The van der Waals surface area contributed by atoms with Crippen LogP contribution >= 0.6 is 12.4 Å². The monoisotopic (exact) mass is 299 g/mol. The Balaban J connectivity index is 0.00000147. The second-order valence-corrected chi connectivity index (χ2v) is 4.54. The van der Waals surface area contributed by atoms with Gasteiger partial charge in [0.2, 0.25) is 11.7 Å². The first-order valence-corrected chi connectivity index (χ1v) is 6.21. The number of ether oxygens (including phenoxy) is 1. The van der Waals surface area contributed by atoms with Crippen LogP contribution in [-0.4, -0.2) is 22.9 Å². The standard InChI is InChI=1S/C13H14FN3O2.ClH/c14-9-4-1-3-8(7-9)12-16-13(19-17-12)11(15)10-5-2-6-18-10;/h1,3-4,7,10-11H,2,5-6,15H2;1H. The molecule has 5 nitrogen and oxygen atoms in total. The Kier molecular flexibility index (Phi) is 4.69. The summed E-state index contributed by atoms with van der Waals surface area (Å²) in [6, 6.07) is 5.60. The molecule has 1 aliphatic heterocycles. The van der Waals surface area contributed by atoms with Gasteiger partial charge in [0.05, 0.1) is 6.10 Å². The largest absolute Gasteiger partial charge is 0.376 e. The number of nitrogens with zero attached hydrogens (tertiary/aromatic N) is 2. The molecule has 20 heavy (non-hydrogen) atoms. The highest BCUT2D eigenvalue weighted by Gasteiger charge is 2.28. The molecular formula is C13H15ClFN3O2. The number of nitrogens with two attached hydrogens (primary N) is 1. The highest BCUT2D eigenvalue weighted by molar-refractivity contribution is 5.85. The van der Waals surface area contributed by atoms with Crippen molar-refractivity contribution in [3.8, 4) is 11.4 Å². The van der Waals surface area contributed by atoms with Crippen molar-refractivity contribution < 1.29 is 13.7 Å². The zero-order valence-corrected chi connectivity index (χ0v) is 11.5. The Morgan fingerprint density at radius 1 is 1.40 bits per heavy atom. The van der Waals surface area contributed by atoms with Gasteiger partial charge in [0.25, 0.3) is 0 Å². The third kappa shape index (κ3) is 2.98. The van der Waals surface area contributed by atoms with Crippen molar-refractivity contribution in [3.63, 3.8) is 0 Å². The molecule has 3 rings (SSSR count). The molecule has 0 bridgehead atoms. The summed E-state index contributed by atoms with van der Waals surface area (Å²) in [6.45, 7) is 0.712. The van der Waals surface area contributed by atoms with E-state index in [4.69, 9.17) is 15.0 Å². The molecule has 2 heterocycles. The molecule has 0 aliphatic carbocycles. The van der Waals surface area contributed by atoms with Crippen LogP contribution in [-0.2, 0) is 4.74 Å². The quantitative estimate of drug-likeness (QED) is 0.942. The average Bonchev–Trinajstić information content (AvgIpc) is 3.10. The Morgan fingerprint density at radius 2 is 2.25 bits per heavy atom. The van der Waals surface area contributed by atoms with Gasteiger partial charge >= 0.3 is 0 Å². The van der Waals surface area contributed by atoms with Crippen LogP contribution in [0.2, 0.25) is 0 Å². The summed E-state index contributed by atoms with van der Waals surface area (Å²) < 4.78 is 23.8. The fraction of sp³-hybridized carbons (Fsp3) is 0.385. The summed E-state index contributed by atoms with van der Waals surface area (Å²) >= 11 is 0. The van der Waals surface area contributed by atoms with E-state index in [2.05, 4.69) is 10.1 Å². The van der Waals surface area contributed by atoms with Crippen LogP contribution in [0, 0.1) is 5.82 Å². The fourth-order valence-electron chi connectivity index (χ4n) is 2.16. The first-order chi connectivity index (χ1) is 9.24. The van der Waals surface area contributed by atoms with E-state index in [0.29, 0.717) is 23.9 Å². The molecule has 7 heteroatoms. The van der Waals surface area contributed by atoms with Gasteiger partial charge in [-0.05, 0) is 25.0 Å². The van der Waals surface area contributed by atoms with Crippen LogP contribution in [0.15, 0.2) is 28.8 Å². The van der Waals surface area contributed by atoms with Gasteiger partial charge in [0.15, 0.2) is 0 Å². The number of hydrogen-bond donors (Lipinski definition) is 1. The van der Waals surface area contributed by atoms with E-state index in [-0.39, 0.29) is 24.3 Å². The van der Waals surface area contributed by atoms with Crippen molar-refractivity contribution in [2.45, 2.75) is 25.0 Å². The van der Waals surface area contributed by atoms with Crippen molar-refractivity contribution >= 4 is 12.4 Å². The summed E-state index contributed by atoms with van der Waals surface area (Å²) in [6.07, 6.45) is 1.79. The number of benzene rings is 1. The van der Waals surface area contributed by atoms with E-state index in [1.54, 1.807) is 12.1 Å². The number of aromatic nitrogens is 2. The van der Waals surface area contributed by atoms with E-state index in [1.807, 2.05) is 0 Å². The Bertz CT molecular complexity index is 572. The molecule has 1 saturated heterocycles. The molecule has 2 atom stereocenters. The third-order valence-electron chi connectivity index (χ3n) is 3.18. The number of hydrogen-bond acceptors (Lipinski definition) is 5. The molecule has 0 saturated carbocycles. The topological polar surface area (TPSA) is 74.2 Å². The summed E-state index contributed by atoms with van der Waals surface area (Å²) in [5, 5.41) is 3.83. The van der Waals surface area contributed by atoms with Crippen LogP contribution in [0.5, 0.6) is 0 Å². The van der Waals surface area contributed by atoms with E-state index in [1.165, 1.54) is 12.1 Å². The number of rotatable bonds is 3. The molecule has 0 amide bonds. The lowest BCUT2D eigenvalue weighted by Gasteiger charge is -2.13. The molecule has 2 N–H and O–H groups in total. The summed E-state index contributed by atoms with van der Waals surface area (Å²) in [4.78, 5) is 4.22. The second-order valence-electron chi connectivity index (χ2n) is 4.54. The third-order valence-corrected chi connectivity index (χ3v) is 3.18. The van der Waals surface area contributed by atoms with Crippen molar-refractivity contribution in [1.29, 1.82) is 0 Å². The molecule has 2 aromatic rings. The lowest BCUT2D eigenvalue weighted by Crippen LogP contribution is -2.25. The molecule has 0 spiro atoms. The van der Waals surface area contributed by atoms with Crippen LogP contribution in [0.3, 0.4) is 0 Å². The zero-order chi connectivity index (χ0) is 13.2. The lowest BCUT2D eigenvalue weighted by atomic mass is 10.1. The molecular weight excluding hydrogens is 285 g/mol. The highest BCUT2D eigenvalue weighted by atomic mass is 35.5. The Morgan fingerprint density at radius 3 is 2.95 bits per heavy atom. The predicted molar refractivity (Wildman–Crippen MR) is 72.8 cm³/mol. The minimum atomic E-state index is -0.433. The lowest BCUT2D eigenvalue weighted by molar-refractivity contribution is 0.0801. The Hall–Kier alpha value is -1.50. The maximum atomic E-state index is 13.1. The van der Waals surface area contributed by atoms with E-state index >= 15 is 0 Å². The summed E-state index contributed by atoms with van der Waals surface area (Å²) in [5.74, 6) is 0.321. The van der Waals surface area contributed by atoms with Gasteiger partial charge in [0, 0.05) is 12.2 Å². The first-order valence-electron chi connectivity index (χ1n) is 6.21. The van der Waals surface area contributed by atoms with E-state index in [9.17, 15) is 4.39 Å². The first kappa shape index (κ1) is 14.9. The van der Waals surface area contributed by atoms with Crippen LogP contribution in [0.4, 0.5) is 4.39 Å². The minimum absolute atomic E-state index is 0. The van der Waals surface area contributed by atoms with Gasteiger partial charge in [-0.1, -0.05) is 17.3 Å². The molecule has 1 aliphatic rings. The minimum Gasteiger partial charge on any atom is -0.376 e. The van der Waals surface area contributed by atoms with Crippen molar-refractivity contribution in [1.82, 2.24) is 10.1 Å². The molecule has 0 radical (unpaired) electrons. The van der Waals surface area contributed by atoms with E-state index in [0.717, 1.165) is 12.8 Å². The molecule has 1 fully saturated rings. The van der Waals surface area contributed by atoms with Gasteiger partial charge in [-0.15, -0.1) is 12.4 Å². The molecule has 1 aromatic carbocycles. The van der Waals surface area contributed by atoms with Crippen LogP contribution in [0.25, 0.3) is 11.4 Å². The normalized spacial score (nSPS) is 19.6. The predicted octanol–water partition coefficient (Wildman–Crippen LogP) is 2.48. The molecule has 2 unspecified atom stereocenters. The maximum absolute atomic E-state index is 13.1. The fourth-order valence-corrected chi connectivity index (χ4v) is 2.16. The van der Waals surface area contributed by atoms with Crippen LogP contribution in [0.1, 0.15) is 24.8 Å². The van der Waals surface area contributed by atoms with Crippen molar-refractivity contribution in [2.75, 3.05) is 6.61 Å². The number of halogens is 2. The Labute approximate surface area is 121 Å².